The maximum Gasteiger partial charge on any atom is 0.0166 e. The van der Waals surface area contributed by atoms with E-state index in [1.165, 1.54) is 32.2 Å². The van der Waals surface area contributed by atoms with Gasteiger partial charge in [0.2, 0.25) is 0 Å². The number of hydrogen-bond acceptors (Lipinski definition) is 2. The Morgan fingerprint density at radius 2 is 1.75 bits per heavy atom. The van der Waals surface area contributed by atoms with Crippen LogP contribution in [0.15, 0.2) is 25.3 Å². The van der Waals surface area contributed by atoms with E-state index in [1.54, 1.807) is 0 Å². The predicted octanol–water partition coefficient (Wildman–Crippen LogP) is 2.19. The van der Waals surface area contributed by atoms with E-state index >= 15 is 0 Å². The van der Waals surface area contributed by atoms with Gasteiger partial charge in [-0.2, -0.15) is 0 Å². The van der Waals surface area contributed by atoms with Crippen molar-refractivity contribution in [1.82, 2.24) is 10.2 Å². The van der Waals surface area contributed by atoms with Gasteiger partial charge in [0.25, 0.3) is 0 Å². The molecule has 0 saturated heterocycles. The zero-order valence-electron chi connectivity index (χ0n) is 10.2. The predicted molar refractivity (Wildman–Crippen MR) is 69.5 cm³/mol. The molecule has 2 fully saturated rings. The lowest BCUT2D eigenvalue weighted by Crippen LogP contribution is -2.50. The van der Waals surface area contributed by atoms with Gasteiger partial charge in [-0.15, -0.1) is 13.2 Å². The molecule has 2 atom stereocenters. The van der Waals surface area contributed by atoms with E-state index in [1.807, 2.05) is 12.2 Å². The summed E-state index contributed by atoms with van der Waals surface area (Å²) in [6.45, 7) is 10.9. The summed E-state index contributed by atoms with van der Waals surface area (Å²) in [5, 5.41) is 3.65. The fourth-order valence-corrected chi connectivity index (χ4v) is 2.55. The average molecular weight is 220 g/mol. The van der Waals surface area contributed by atoms with Crippen molar-refractivity contribution in [1.29, 1.82) is 0 Å². The summed E-state index contributed by atoms with van der Waals surface area (Å²) in [6, 6.07) is 1.59. The van der Waals surface area contributed by atoms with Crippen LogP contribution in [-0.2, 0) is 0 Å². The molecule has 0 bridgehead atoms. The summed E-state index contributed by atoms with van der Waals surface area (Å²) < 4.78 is 0. The van der Waals surface area contributed by atoms with Crippen molar-refractivity contribution in [2.24, 2.45) is 5.92 Å². The molecule has 0 spiro atoms. The molecule has 2 rings (SSSR count). The maximum atomic E-state index is 3.84. The van der Waals surface area contributed by atoms with Gasteiger partial charge in [-0.3, -0.25) is 4.90 Å². The van der Waals surface area contributed by atoms with Gasteiger partial charge >= 0.3 is 0 Å². The van der Waals surface area contributed by atoms with Gasteiger partial charge in [0.15, 0.2) is 0 Å². The Bertz CT molecular complexity index is 235. The van der Waals surface area contributed by atoms with Crippen LogP contribution in [0.1, 0.15) is 25.7 Å². The van der Waals surface area contributed by atoms with E-state index in [0.29, 0.717) is 0 Å². The molecule has 0 aliphatic heterocycles. The van der Waals surface area contributed by atoms with E-state index in [0.717, 1.165) is 31.1 Å². The maximum absolute atomic E-state index is 3.84. The van der Waals surface area contributed by atoms with Gasteiger partial charge in [0.05, 0.1) is 0 Å². The average Bonchev–Trinajstić information content (AvgIpc) is 3.01. The van der Waals surface area contributed by atoms with Gasteiger partial charge in [-0.1, -0.05) is 12.2 Å². The summed E-state index contributed by atoms with van der Waals surface area (Å²) in [4.78, 5) is 2.50. The molecule has 1 N–H and O–H groups in total. The SMILES string of the molecule is C=CCN(CC=C)C1CCC1CNC1CC1. The quantitative estimate of drug-likeness (QED) is 0.631. The van der Waals surface area contributed by atoms with Crippen LogP contribution in [0.25, 0.3) is 0 Å². The molecule has 0 radical (unpaired) electrons. The third kappa shape index (κ3) is 2.96. The molecule has 2 heteroatoms. The van der Waals surface area contributed by atoms with Crippen LogP contribution < -0.4 is 5.32 Å². The number of nitrogens with zero attached hydrogens (tertiary/aromatic N) is 1. The van der Waals surface area contributed by atoms with Crippen LogP contribution in [0.4, 0.5) is 0 Å². The molecule has 2 unspecified atom stereocenters. The Labute approximate surface area is 99.4 Å². The smallest absolute Gasteiger partial charge is 0.0166 e. The lowest BCUT2D eigenvalue weighted by atomic mass is 9.78. The summed E-state index contributed by atoms with van der Waals surface area (Å²) in [7, 11) is 0. The van der Waals surface area contributed by atoms with Gasteiger partial charge in [-0.05, 0) is 38.1 Å². The fourth-order valence-electron chi connectivity index (χ4n) is 2.55. The van der Waals surface area contributed by atoms with Crippen molar-refractivity contribution < 1.29 is 0 Å². The lowest BCUT2D eigenvalue weighted by molar-refractivity contribution is 0.0810. The second-order valence-electron chi connectivity index (χ2n) is 5.12. The Kier molecular flexibility index (Phi) is 4.19. The first-order chi connectivity index (χ1) is 7.85. The molecule has 0 heterocycles. The molecule has 0 aromatic rings. The topological polar surface area (TPSA) is 15.3 Å². The van der Waals surface area contributed by atoms with Gasteiger partial charge in [-0.25, -0.2) is 0 Å². The van der Waals surface area contributed by atoms with Crippen molar-refractivity contribution in [3.8, 4) is 0 Å². The minimum absolute atomic E-state index is 0.752. The van der Waals surface area contributed by atoms with E-state index in [4.69, 9.17) is 0 Å². The standard InChI is InChI=1S/C14H24N2/c1-3-9-16(10-4-2)14-8-5-12(14)11-15-13-6-7-13/h3-4,12-15H,1-2,5-11H2. The van der Waals surface area contributed by atoms with Crippen LogP contribution in [0.3, 0.4) is 0 Å². The van der Waals surface area contributed by atoms with E-state index < -0.39 is 0 Å². The minimum atomic E-state index is 0.752. The largest absolute Gasteiger partial charge is 0.314 e. The highest BCUT2D eigenvalue weighted by molar-refractivity contribution is 4.95. The second-order valence-corrected chi connectivity index (χ2v) is 5.12. The van der Waals surface area contributed by atoms with Crippen molar-refractivity contribution >= 4 is 0 Å². The van der Waals surface area contributed by atoms with Crippen LogP contribution in [0.5, 0.6) is 0 Å². The fraction of sp³-hybridized carbons (Fsp3) is 0.714. The summed E-state index contributed by atoms with van der Waals surface area (Å²) in [5.74, 6) is 0.848. The van der Waals surface area contributed by atoms with Crippen molar-refractivity contribution in [3.63, 3.8) is 0 Å². The first kappa shape index (κ1) is 11.9. The molecule has 2 saturated carbocycles. The van der Waals surface area contributed by atoms with E-state index in [-0.39, 0.29) is 0 Å². The molecular weight excluding hydrogens is 196 g/mol. The third-order valence-electron chi connectivity index (χ3n) is 3.82. The summed E-state index contributed by atoms with van der Waals surface area (Å²) in [5.41, 5.74) is 0. The summed E-state index contributed by atoms with van der Waals surface area (Å²) in [6.07, 6.45) is 9.52. The van der Waals surface area contributed by atoms with E-state index in [2.05, 4.69) is 23.4 Å². The normalized spacial score (nSPS) is 28.8. The van der Waals surface area contributed by atoms with Crippen molar-refractivity contribution in [2.75, 3.05) is 19.6 Å². The van der Waals surface area contributed by atoms with E-state index in [9.17, 15) is 0 Å². The molecular formula is C14H24N2. The number of nitrogens with one attached hydrogen (secondary N) is 1. The molecule has 2 aliphatic rings. The van der Waals surface area contributed by atoms with Gasteiger partial charge in [0.1, 0.15) is 0 Å². The van der Waals surface area contributed by atoms with Crippen LogP contribution in [0.2, 0.25) is 0 Å². The Morgan fingerprint density at radius 3 is 2.19 bits per heavy atom. The summed E-state index contributed by atoms with van der Waals surface area (Å²) >= 11 is 0. The van der Waals surface area contributed by atoms with Crippen molar-refractivity contribution in [2.45, 2.75) is 37.8 Å². The Hall–Kier alpha value is -0.600. The highest BCUT2D eigenvalue weighted by Gasteiger charge is 2.35. The Balaban J connectivity index is 1.76. The minimum Gasteiger partial charge on any atom is -0.314 e. The molecule has 16 heavy (non-hydrogen) atoms. The molecule has 0 amide bonds. The first-order valence-electron chi connectivity index (χ1n) is 6.54. The molecule has 0 aromatic heterocycles. The van der Waals surface area contributed by atoms with Crippen LogP contribution >= 0.6 is 0 Å². The second kappa shape index (κ2) is 5.65. The lowest BCUT2D eigenvalue weighted by Gasteiger charge is -2.44. The van der Waals surface area contributed by atoms with Crippen LogP contribution in [0, 0.1) is 5.92 Å². The molecule has 2 aliphatic carbocycles. The highest BCUT2D eigenvalue weighted by atomic mass is 15.2. The van der Waals surface area contributed by atoms with Crippen LogP contribution in [-0.4, -0.2) is 36.6 Å². The molecule has 90 valence electrons. The van der Waals surface area contributed by atoms with Crippen molar-refractivity contribution in [3.05, 3.63) is 25.3 Å². The first-order valence-corrected chi connectivity index (χ1v) is 6.54. The third-order valence-corrected chi connectivity index (χ3v) is 3.82. The number of hydrogen-bond donors (Lipinski definition) is 1. The number of rotatable bonds is 8. The highest BCUT2D eigenvalue weighted by Crippen LogP contribution is 2.32. The Morgan fingerprint density at radius 1 is 1.06 bits per heavy atom. The molecule has 0 aromatic carbocycles. The van der Waals surface area contributed by atoms with Gasteiger partial charge < -0.3 is 5.32 Å². The zero-order valence-corrected chi connectivity index (χ0v) is 10.2. The molecule has 2 nitrogen and oxygen atoms in total. The monoisotopic (exact) mass is 220 g/mol. The van der Waals surface area contributed by atoms with Gasteiger partial charge in [0, 0.05) is 25.2 Å². The zero-order chi connectivity index (χ0) is 11.4.